The summed E-state index contributed by atoms with van der Waals surface area (Å²) < 4.78 is 25.7. The van der Waals surface area contributed by atoms with Crippen LogP contribution in [0.1, 0.15) is 15.9 Å². The average molecular weight is 311 g/mol. The van der Waals surface area contributed by atoms with Gasteiger partial charge in [-0.2, -0.15) is 5.10 Å². The van der Waals surface area contributed by atoms with E-state index in [1.807, 2.05) is 0 Å². The molecule has 4 nitrogen and oxygen atoms in total. The topological polar surface area (TPSA) is 61.7 Å². The van der Waals surface area contributed by atoms with Crippen molar-refractivity contribution in [2.24, 2.45) is 5.10 Å². The number of halogens is 3. The van der Waals surface area contributed by atoms with Crippen molar-refractivity contribution < 1.29 is 18.7 Å². The number of nitrogens with zero attached hydrogens (tertiary/aromatic N) is 1. The van der Waals surface area contributed by atoms with Gasteiger partial charge in [0.1, 0.15) is 0 Å². The number of hydrazone groups is 1. The van der Waals surface area contributed by atoms with Gasteiger partial charge in [0.2, 0.25) is 0 Å². The second-order valence-electron chi connectivity index (χ2n) is 4.04. The first kappa shape index (κ1) is 14.9. The van der Waals surface area contributed by atoms with E-state index in [0.717, 1.165) is 12.1 Å². The molecule has 21 heavy (non-hydrogen) atoms. The monoisotopic (exact) mass is 310 g/mol. The molecule has 0 bridgehead atoms. The predicted octanol–water partition coefficient (Wildman–Crippen LogP) is 3.76. The predicted molar refractivity (Wildman–Crippen MR) is 76.0 cm³/mol. The molecule has 2 aromatic carbocycles. The van der Waals surface area contributed by atoms with E-state index in [9.17, 15) is 13.6 Å². The zero-order valence-electron chi connectivity index (χ0n) is 10.5. The van der Waals surface area contributed by atoms with E-state index in [4.69, 9.17) is 16.7 Å². The molecule has 2 rings (SSSR count). The molecule has 0 atom stereocenters. The lowest BCUT2D eigenvalue weighted by molar-refractivity contribution is 0.0697. The zero-order valence-corrected chi connectivity index (χ0v) is 11.2. The first-order chi connectivity index (χ1) is 9.97. The van der Waals surface area contributed by atoms with Gasteiger partial charge in [-0.25, -0.2) is 13.6 Å². The molecule has 0 aliphatic heterocycles. The van der Waals surface area contributed by atoms with Gasteiger partial charge in [-0.1, -0.05) is 17.7 Å². The number of hydrogen-bond donors (Lipinski definition) is 2. The summed E-state index contributed by atoms with van der Waals surface area (Å²) in [5.41, 5.74) is 3.27. The molecular formula is C14H9ClF2N2O2. The Morgan fingerprint density at radius 3 is 2.62 bits per heavy atom. The van der Waals surface area contributed by atoms with E-state index in [1.54, 1.807) is 0 Å². The quantitative estimate of drug-likeness (QED) is 0.667. The summed E-state index contributed by atoms with van der Waals surface area (Å²) in [7, 11) is 0. The number of carboxylic acid groups (broad SMARTS) is 1. The Kier molecular flexibility index (Phi) is 4.49. The van der Waals surface area contributed by atoms with Gasteiger partial charge in [0.15, 0.2) is 11.6 Å². The lowest BCUT2D eigenvalue weighted by Gasteiger charge is -2.03. The molecular weight excluding hydrogens is 302 g/mol. The van der Waals surface area contributed by atoms with Crippen LogP contribution < -0.4 is 5.43 Å². The minimum Gasteiger partial charge on any atom is -0.478 e. The van der Waals surface area contributed by atoms with E-state index < -0.39 is 17.6 Å². The van der Waals surface area contributed by atoms with Crippen LogP contribution in [-0.4, -0.2) is 17.3 Å². The van der Waals surface area contributed by atoms with Crippen molar-refractivity contribution in [2.45, 2.75) is 0 Å². The van der Waals surface area contributed by atoms with Crippen molar-refractivity contribution in [3.8, 4) is 0 Å². The molecule has 0 saturated heterocycles. The Labute approximate surface area is 123 Å². The Morgan fingerprint density at radius 2 is 1.95 bits per heavy atom. The van der Waals surface area contributed by atoms with Gasteiger partial charge in [0, 0.05) is 0 Å². The summed E-state index contributed by atoms with van der Waals surface area (Å²) in [5.74, 6) is -3.07. The fourth-order valence-corrected chi connectivity index (χ4v) is 1.73. The third-order valence-electron chi connectivity index (χ3n) is 2.55. The maximum absolute atomic E-state index is 13.0. The average Bonchev–Trinajstić information content (AvgIpc) is 2.44. The van der Waals surface area contributed by atoms with Gasteiger partial charge in [-0.05, 0) is 35.9 Å². The number of carboxylic acids is 1. The van der Waals surface area contributed by atoms with Crippen LogP contribution in [0.15, 0.2) is 41.5 Å². The first-order valence-electron chi connectivity index (χ1n) is 5.74. The highest BCUT2D eigenvalue weighted by atomic mass is 35.5. The smallest absolute Gasteiger partial charge is 0.337 e. The highest BCUT2D eigenvalue weighted by molar-refractivity contribution is 6.33. The summed E-state index contributed by atoms with van der Waals surface area (Å²) >= 11 is 5.73. The SMILES string of the molecule is O=C(O)c1cc(N/N=C\c2ccc(F)c(F)c2)ccc1Cl. The molecule has 0 spiro atoms. The maximum Gasteiger partial charge on any atom is 0.337 e. The Balaban J connectivity index is 2.12. The summed E-state index contributed by atoms with van der Waals surface area (Å²) in [6.07, 6.45) is 1.28. The molecule has 0 aromatic heterocycles. The number of nitrogens with one attached hydrogen (secondary N) is 1. The fourth-order valence-electron chi connectivity index (χ4n) is 1.53. The minimum atomic E-state index is -1.16. The lowest BCUT2D eigenvalue weighted by atomic mass is 10.2. The number of aromatic carboxylic acids is 1. The zero-order chi connectivity index (χ0) is 15.4. The molecule has 0 heterocycles. The third-order valence-corrected chi connectivity index (χ3v) is 2.88. The minimum absolute atomic E-state index is 0.0651. The molecule has 0 fully saturated rings. The molecule has 108 valence electrons. The molecule has 7 heteroatoms. The van der Waals surface area contributed by atoms with Crippen LogP contribution in [0.2, 0.25) is 5.02 Å². The van der Waals surface area contributed by atoms with Crippen molar-refractivity contribution in [1.82, 2.24) is 0 Å². The Morgan fingerprint density at radius 1 is 1.19 bits per heavy atom. The van der Waals surface area contributed by atoms with Crippen LogP contribution in [-0.2, 0) is 0 Å². The summed E-state index contributed by atoms with van der Waals surface area (Å²) in [6, 6.07) is 7.60. The normalized spacial score (nSPS) is 10.8. The van der Waals surface area contributed by atoms with Crippen LogP contribution in [0.4, 0.5) is 14.5 Å². The van der Waals surface area contributed by atoms with Gasteiger partial charge in [-0.3, -0.25) is 5.43 Å². The van der Waals surface area contributed by atoms with E-state index in [2.05, 4.69) is 10.5 Å². The van der Waals surface area contributed by atoms with Gasteiger partial charge in [0.05, 0.1) is 22.5 Å². The number of anilines is 1. The molecule has 0 radical (unpaired) electrons. The van der Waals surface area contributed by atoms with Gasteiger partial charge >= 0.3 is 5.97 Å². The molecule has 2 N–H and O–H groups in total. The number of carbonyl (C=O) groups is 1. The molecule has 2 aromatic rings. The van der Waals surface area contributed by atoms with E-state index in [0.29, 0.717) is 11.3 Å². The second-order valence-corrected chi connectivity index (χ2v) is 4.45. The molecule has 0 unspecified atom stereocenters. The van der Waals surface area contributed by atoms with Crippen LogP contribution in [0.5, 0.6) is 0 Å². The van der Waals surface area contributed by atoms with Gasteiger partial charge in [-0.15, -0.1) is 0 Å². The summed E-state index contributed by atoms with van der Waals surface area (Å²) in [4.78, 5) is 10.9. The van der Waals surface area contributed by atoms with Crippen molar-refractivity contribution in [3.63, 3.8) is 0 Å². The number of hydrogen-bond acceptors (Lipinski definition) is 3. The number of benzene rings is 2. The molecule has 0 aliphatic rings. The van der Waals surface area contributed by atoms with Gasteiger partial charge in [0.25, 0.3) is 0 Å². The largest absolute Gasteiger partial charge is 0.478 e. The second kappa shape index (κ2) is 6.32. The maximum atomic E-state index is 13.0. The summed E-state index contributed by atoms with van der Waals surface area (Å²) in [5, 5.41) is 12.8. The van der Waals surface area contributed by atoms with E-state index >= 15 is 0 Å². The van der Waals surface area contributed by atoms with Crippen LogP contribution in [0.25, 0.3) is 0 Å². The van der Waals surface area contributed by atoms with Crippen LogP contribution in [0, 0.1) is 11.6 Å². The van der Waals surface area contributed by atoms with E-state index in [-0.39, 0.29) is 10.6 Å². The Bertz CT molecular complexity index is 720. The number of rotatable bonds is 4. The Hall–Kier alpha value is -2.47. The van der Waals surface area contributed by atoms with Crippen LogP contribution in [0.3, 0.4) is 0 Å². The molecule has 0 amide bonds. The lowest BCUT2D eigenvalue weighted by Crippen LogP contribution is -1.99. The van der Waals surface area contributed by atoms with Crippen molar-refractivity contribution in [1.29, 1.82) is 0 Å². The third kappa shape index (κ3) is 3.76. The molecule has 0 aliphatic carbocycles. The van der Waals surface area contributed by atoms with Crippen molar-refractivity contribution >= 4 is 29.5 Å². The van der Waals surface area contributed by atoms with Crippen molar-refractivity contribution in [2.75, 3.05) is 5.43 Å². The fraction of sp³-hybridized carbons (Fsp3) is 0. The van der Waals surface area contributed by atoms with Crippen LogP contribution >= 0.6 is 11.6 Å². The summed E-state index contributed by atoms with van der Waals surface area (Å²) in [6.45, 7) is 0. The standard InChI is InChI=1S/C14H9ClF2N2O2/c15-11-3-2-9(6-10(11)14(20)21)19-18-7-8-1-4-12(16)13(17)5-8/h1-7,19H,(H,20,21)/b18-7-. The first-order valence-corrected chi connectivity index (χ1v) is 6.12. The van der Waals surface area contributed by atoms with Gasteiger partial charge < -0.3 is 5.11 Å². The van der Waals surface area contributed by atoms with E-state index in [1.165, 1.54) is 30.5 Å². The molecule has 0 saturated carbocycles. The highest BCUT2D eigenvalue weighted by Crippen LogP contribution is 2.20. The van der Waals surface area contributed by atoms with Crippen molar-refractivity contribution in [3.05, 3.63) is 64.2 Å². The highest BCUT2D eigenvalue weighted by Gasteiger charge is 2.08.